The van der Waals surface area contributed by atoms with E-state index in [9.17, 15) is 9.18 Å². The molecule has 0 bridgehead atoms. The minimum Gasteiger partial charge on any atom is -0.385 e. The number of hydrogen-bond donors (Lipinski definition) is 2. The van der Waals surface area contributed by atoms with Crippen molar-refractivity contribution in [2.24, 2.45) is 0 Å². The first-order valence-electron chi connectivity index (χ1n) is 6.52. The maximum Gasteiger partial charge on any atom is 0.255 e. The van der Waals surface area contributed by atoms with Crippen LogP contribution in [0, 0.1) is 12.7 Å². The molecule has 0 aliphatic heterocycles. The molecule has 0 unspecified atom stereocenters. The third-order valence-corrected chi connectivity index (χ3v) is 3.04. The summed E-state index contributed by atoms with van der Waals surface area (Å²) in [6.07, 6.45) is 0. The quantitative estimate of drug-likeness (QED) is 0.888. The zero-order valence-electron chi connectivity index (χ0n) is 11.5. The van der Waals surface area contributed by atoms with Gasteiger partial charge in [0.1, 0.15) is 5.82 Å². The number of rotatable bonds is 4. The van der Waals surface area contributed by atoms with Gasteiger partial charge in [0, 0.05) is 29.0 Å². The van der Waals surface area contributed by atoms with Gasteiger partial charge >= 0.3 is 0 Å². The Balaban J connectivity index is 2.13. The fraction of sp³-hybridized carbons (Fsp3) is 0.188. The molecule has 1 amide bonds. The average Bonchev–Trinajstić information content (AvgIpc) is 2.45. The van der Waals surface area contributed by atoms with E-state index in [4.69, 9.17) is 0 Å². The first-order chi connectivity index (χ1) is 9.61. The SMILES string of the molecule is CCNc1ccc(C(=O)Nc2cccc(F)c2C)cc1. The molecule has 0 aromatic heterocycles. The molecule has 2 rings (SSSR count). The van der Waals surface area contributed by atoms with Crippen molar-refractivity contribution in [2.75, 3.05) is 17.2 Å². The van der Waals surface area contributed by atoms with Crippen molar-refractivity contribution in [3.63, 3.8) is 0 Å². The number of carbonyl (C=O) groups excluding carboxylic acids is 1. The molecule has 0 atom stereocenters. The predicted octanol–water partition coefficient (Wildman–Crippen LogP) is 3.82. The molecule has 0 radical (unpaired) electrons. The lowest BCUT2D eigenvalue weighted by Crippen LogP contribution is -2.13. The fourth-order valence-electron chi connectivity index (χ4n) is 1.88. The van der Waals surface area contributed by atoms with Crippen molar-refractivity contribution in [2.45, 2.75) is 13.8 Å². The Morgan fingerprint density at radius 1 is 1.15 bits per heavy atom. The summed E-state index contributed by atoms with van der Waals surface area (Å²) in [7, 11) is 0. The molecule has 0 spiro atoms. The average molecular weight is 272 g/mol. The summed E-state index contributed by atoms with van der Waals surface area (Å²) in [5.74, 6) is -0.577. The first-order valence-corrected chi connectivity index (χ1v) is 6.52. The van der Waals surface area contributed by atoms with Crippen molar-refractivity contribution in [1.82, 2.24) is 0 Å². The summed E-state index contributed by atoms with van der Waals surface area (Å²) in [4.78, 5) is 12.1. The maximum absolute atomic E-state index is 13.4. The summed E-state index contributed by atoms with van der Waals surface area (Å²) in [5, 5.41) is 5.88. The van der Waals surface area contributed by atoms with Gasteiger partial charge in [-0.1, -0.05) is 6.07 Å². The lowest BCUT2D eigenvalue weighted by atomic mass is 10.1. The molecule has 3 nitrogen and oxygen atoms in total. The molecule has 0 saturated carbocycles. The maximum atomic E-state index is 13.4. The monoisotopic (exact) mass is 272 g/mol. The Labute approximate surface area is 117 Å². The van der Waals surface area contributed by atoms with Crippen molar-refractivity contribution in [1.29, 1.82) is 0 Å². The number of carbonyl (C=O) groups is 1. The van der Waals surface area contributed by atoms with Crippen LogP contribution in [-0.4, -0.2) is 12.5 Å². The molecule has 2 N–H and O–H groups in total. The number of benzene rings is 2. The molecule has 2 aromatic carbocycles. The van der Waals surface area contributed by atoms with Crippen LogP contribution in [0.4, 0.5) is 15.8 Å². The van der Waals surface area contributed by atoms with E-state index in [-0.39, 0.29) is 11.7 Å². The van der Waals surface area contributed by atoms with Crippen LogP contribution >= 0.6 is 0 Å². The molecule has 4 heteroatoms. The van der Waals surface area contributed by atoms with Crippen molar-refractivity contribution >= 4 is 17.3 Å². The van der Waals surface area contributed by atoms with Gasteiger partial charge in [-0.15, -0.1) is 0 Å². The second kappa shape index (κ2) is 6.19. The molecular formula is C16H17FN2O. The van der Waals surface area contributed by atoms with Crippen molar-refractivity contribution in [3.8, 4) is 0 Å². The van der Waals surface area contributed by atoms with Crippen LogP contribution in [0.5, 0.6) is 0 Å². The third kappa shape index (κ3) is 3.15. The Morgan fingerprint density at radius 2 is 1.85 bits per heavy atom. The van der Waals surface area contributed by atoms with E-state index in [0.717, 1.165) is 12.2 Å². The van der Waals surface area contributed by atoms with E-state index in [1.54, 1.807) is 31.2 Å². The van der Waals surface area contributed by atoms with Gasteiger partial charge in [-0.3, -0.25) is 4.79 Å². The van der Waals surface area contributed by atoms with Crippen LogP contribution in [0.15, 0.2) is 42.5 Å². The summed E-state index contributed by atoms with van der Waals surface area (Å²) >= 11 is 0. The summed E-state index contributed by atoms with van der Waals surface area (Å²) < 4.78 is 13.4. The molecular weight excluding hydrogens is 255 g/mol. The van der Waals surface area contributed by atoms with E-state index in [0.29, 0.717) is 16.8 Å². The highest BCUT2D eigenvalue weighted by Crippen LogP contribution is 2.18. The highest BCUT2D eigenvalue weighted by Gasteiger charge is 2.09. The zero-order chi connectivity index (χ0) is 14.5. The Morgan fingerprint density at radius 3 is 2.50 bits per heavy atom. The topological polar surface area (TPSA) is 41.1 Å². The number of hydrogen-bond acceptors (Lipinski definition) is 2. The molecule has 0 aliphatic rings. The zero-order valence-corrected chi connectivity index (χ0v) is 11.5. The van der Waals surface area contributed by atoms with E-state index in [2.05, 4.69) is 10.6 Å². The van der Waals surface area contributed by atoms with Gasteiger partial charge in [0.05, 0.1) is 0 Å². The van der Waals surface area contributed by atoms with Crippen LogP contribution in [0.25, 0.3) is 0 Å². The van der Waals surface area contributed by atoms with E-state index in [1.807, 2.05) is 19.1 Å². The lowest BCUT2D eigenvalue weighted by Gasteiger charge is -2.09. The number of nitrogens with one attached hydrogen (secondary N) is 2. The minimum absolute atomic E-state index is 0.248. The first kappa shape index (κ1) is 14.1. The van der Waals surface area contributed by atoms with Crippen LogP contribution in [0.2, 0.25) is 0 Å². The second-order valence-electron chi connectivity index (χ2n) is 4.47. The molecule has 2 aromatic rings. The standard InChI is InChI=1S/C16H17FN2O/c1-3-18-13-9-7-12(8-10-13)16(20)19-15-6-4-5-14(17)11(15)2/h4-10,18H,3H2,1-2H3,(H,19,20). The summed E-state index contributed by atoms with van der Waals surface area (Å²) in [6.45, 7) is 4.47. The molecule has 0 fully saturated rings. The third-order valence-electron chi connectivity index (χ3n) is 3.04. The Hall–Kier alpha value is -2.36. The van der Waals surface area contributed by atoms with Gasteiger partial charge in [-0.25, -0.2) is 4.39 Å². The minimum atomic E-state index is -0.328. The number of halogens is 1. The Bertz CT molecular complexity index is 608. The van der Waals surface area contributed by atoms with Gasteiger partial charge in [0.25, 0.3) is 5.91 Å². The van der Waals surface area contributed by atoms with E-state index < -0.39 is 0 Å². The lowest BCUT2D eigenvalue weighted by molar-refractivity contribution is 0.102. The van der Waals surface area contributed by atoms with Crippen LogP contribution in [-0.2, 0) is 0 Å². The summed E-state index contributed by atoms with van der Waals surface area (Å²) in [6, 6.07) is 11.8. The second-order valence-corrected chi connectivity index (χ2v) is 4.47. The molecule has 0 heterocycles. The van der Waals surface area contributed by atoms with Crippen molar-refractivity contribution in [3.05, 3.63) is 59.4 Å². The number of anilines is 2. The molecule has 104 valence electrons. The fourth-order valence-corrected chi connectivity index (χ4v) is 1.88. The van der Waals surface area contributed by atoms with E-state index >= 15 is 0 Å². The van der Waals surface area contributed by atoms with Gasteiger partial charge in [-0.05, 0) is 50.2 Å². The van der Waals surface area contributed by atoms with Crippen LogP contribution in [0.1, 0.15) is 22.8 Å². The van der Waals surface area contributed by atoms with Crippen LogP contribution in [0.3, 0.4) is 0 Å². The largest absolute Gasteiger partial charge is 0.385 e. The highest BCUT2D eigenvalue weighted by atomic mass is 19.1. The van der Waals surface area contributed by atoms with E-state index in [1.165, 1.54) is 6.07 Å². The normalized spacial score (nSPS) is 10.2. The number of amides is 1. The van der Waals surface area contributed by atoms with Gasteiger partial charge < -0.3 is 10.6 Å². The molecule has 0 saturated heterocycles. The van der Waals surface area contributed by atoms with Gasteiger partial charge in [-0.2, -0.15) is 0 Å². The van der Waals surface area contributed by atoms with Crippen molar-refractivity contribution < 1.29 is 9.18 Å². The molecule has 0 aliphatic carbocycles. The van der Waals surface area contributed by atoms with Gasteiger partial charge in [0.15, 0.2) is 0 Å². The predicted molar refractivity (Wildman–Crippen MR) is 79.7 cm³/mol. The molecule has 20 heavy (non-hydrogen) atoms. The van der Waals surface area contributed by atoms with Gasteiger partial charge in [0.2, 0.25) is 0 Å². The highest BCUT2D eigenvalue weighted by molar-refractivity contribution is 6.04. The summed E-state index contributed by atoms with van der Waals surface area (Å²) in [5.41, 5.74) is 2.43. The Kier molecular flexibility index (Phi) is 4.35. The van der Waals surface area contributed by atoms with Crippen LogP contribution < -0.4 is 10.6 Å². The smallest absolute Gasteiger partial charge is 0.255 e.